The summed E-state index contributed by atoms with van der Waals surface area (Å²) in [5.41, 5.74) is 0. The molecule has 0 aromatic rings. The number of likely N-dealkylation sites (N-methyl/N-ethyl adjacent to an activating group) is 2. The second-order valence-electron chi connectivity index (χ2n) is 2.64. The second kappa shape index (κ2) is 6.14. The lowest BCUT2D eigenvalue weighted by molar-refractivity contribution is 0.283. The average Bonchev–Trinajstić information content (AvgIpc) is 2.03. The molecule has 1 N–H and O–H groups in total. The number of nitriles is 1. The maximum absolute atomic E-state index is 8.68. The fraction of sp³-hybridized carbons (Fsp3) is 0.875. The summed E-state index contributed by atoms with van der Waals surface area (Å²) in [5, 5.41) is 11.7. The number of hydrogen-bond acceptors (Lipinski definition) is 3. The first-order chi connectivity index (χ1) is 5.26. The van der Waals surface area contributed by atoms with Crippen LogP contribution in [0.1, 0.15) is 13.3 Å². The molecule has 0 rings (SSSR count). The van der Waals surface area contributed by atoms with Gasteiger partial charge in [0.15, 0.2) is 0 Å². The van der Waals surface area contributed by atoms with Crippen LogP contribution in [0.25, 0.3) is 0 Å². The normalized spacial score (nSPS) is 13.0. The first-order valence-electron chi connectivity index (χ1n) is 4.00. The first-order valence-corrected chi connectivity index (χ1v) is 4.00. The summed E-state index contributed by atoms with van der Waals surface area (Å²) in [6, 6.07) is 2.33. The van der Waals surface area contributed by atoms with Crippen LogP contribution in [0.15, 0.2) is 0 Å². The maximum Gasteiger partial charge on any atom is 0.0973 e. The molecule has 3 heteroatoms. The zero-order valence-electron chi connectivity index (χ0n) is 7.59. The lowest BCUT2D eigenvalue weighted by atomic mass is 10.2. The summed E-state index contributed by atoms with van der Waals surface area (Å²) in [7, 11) is 3.90. The molecule has 0 fully saturated rings. The van der Waals surface area contributed by atoms with Gasteiger partial charge in [-0.1, -0.05) is 6.92 Å². The average molecular weight is 155 g/mol. The van der Waals surface area contributed by atoms with Gasteiger partial charge in [0.1, 0.15) is 0 Å². The third-order valence-electron chi connectivity index (χ3n) is 1.78. The molecule has 0 spiro atoms. The van der Waals surface area contributed by atoms with Crippen molar-refractivity contribution in [2.75, 3.05) is 27.2 Å². The van der Waals surface area contributed by atoms with Gasteiger partial charge < -0.3 is 5.32 Å². The first kappa shape index (κ1) is 10.4. The van der Waals surface area contributed by atoms with Crippen molar-refractivity contribution in [3.05, 3.63) is 0 Å². The molecule has 0 aromatic carbocycles. The van der Waals surface area contributed by atoms with Gasteiger partial charge in [0, 0.05) is 13.1 Å². The summed E-state index contributed by atoms with van der Waals surface area (Å²) < 4.78 is 0. The van der Waals surface area contributed by atoms with E-state index >= 15 is 0 Å². The summed E-state index contributed by atoms with van der Waals surface area (Å²) in [4.78, 5) is 2.07. The summed E-state index contributed by atoms with van der Waals surface area (Å²) >= 11 is 0. The standard InChI is InChI=1S/C8H17N3/c1-4-8(7-9)11(3)6-5-10-2/h8,10H,4-6H2,1-3H3. The highest BCUT2D eigenvalue weighted by Crippen LogP contribution is 1.97. The van der Waals surface area contributed by atoms with Crippen molar-refractivity contribution in [3.8, 4) is 6.07 Å². The molecule has 11 heavy (non-hydrogen) atoms. The summed E-state index contributed by atoms with van der Waals surface area (Å²) in [5.74, 6) is 0. The Kier molecular flexibility index (Phi) is 5.81. The minimum absolute atomic E-state index is 0.0725. The fourth-order valence-corrected chi connectivity index (χ4v) is 0.946. The topological polar surface area (TPSA) is 39.1 Å². The third-order valence-corrected chi connectivity index (χ3v) is 1.78. The molecule has 0 saturated heterocycles. The number of hydrogen-bond donors (Lipinski definition) is 1. The number of nitrogens with one attached hydrogen (secondary N) is 1. The molecule has 1 atom stereocenters. The third kappa shape index (κ3) is 3.97. The van der Waals surface area contributed by atoms with Gasteiger partial charge in [-0.3, -0.25) is 4.90 Å². The maximum atomic E-state index is 8.68. The van der Waals surface area contributed by atoms with Crippen LogP contribution in [0.5, 0.6) is 0 Å². The number of rotatable bonds is 5. The van der Waals surface area contributed by atoms with Crippen LogP contribution in [0.2, 0.25) is 0 Å². The summed E-state index contributed by atoms with van der Waals surface area (Å²) in [6.45, 7) is 3.90. The van der Waals surface area contributed by atoms with Gasteiger partial charge in [0.25, 0.3) is 0 Å². The van der Waals surface area contributed by atoms with E-state index in [4.69, 9.17) is 5.26 Å². The number of nitrogens with zero attached hydrogens (tertiary/aromatic N) is 2. The second-order valence-corrected chi connectivity index (χ2v) is 2.64. The largest absolute Gasteiger partial charge is 0.318 e. The van der Waals surface area contributed by atoms with E-state index in [9.17, 15) is 0 Å². The van der Waals surface area contributed by atoms with Crippen molar-refractivity contribution < 1.29 is 0 Å². The van der Waals surface area contributed by atoms with E-state index in [0.717, 1.165) is 19.5 Å². The molecule has 0 saturated carbocycles. The SMILES string of the molecule is CCC(C#N)N(C)CCNC. The van der Waals surface area contributed by atoms with E-state index < -0.39 is 0 Å². The Morgan fingerprint density at radius 2 is 2.27 bits per heavy atom. The Hall–Kier alpha value is -0.590. The Morgan fingerprint density at radius 1 is 1.64 bits per heavy atom. The Labute approximate surface area is 69.0 Å². The van der Waals surface area contributed by atoms with Gasteiger partial charge in [-0.15, -0.1) is 0 Å². The van der Waals surface area contributed by atoms with Gasteiger partial charge in [-0.2, -0.15) is 5.26 Å². The Bertz CT molecular complexity index is 128. The highest BCUT2D eigenvalue weighted by Gasteiger charge is 2.09. The molecule has 0 aliphatic heterocycles. The Morgan fingerprint density at radius 3 is 2.64 bits per heavy atom. The van der Waals surface area contributed by atoms with E-state index in [1.165, 1.54) is 0 Å². The minimum atomic E-state index is 0.0725. The van der Waals surface area contributed by atoms with E-state index in [1.807, 2.05) is 21.0 Å². The van der Waals surface area contributed by atoms with Crippen molar-refractivity contribution in [2.45, 2.75) is 19.4 Å². The molecule has 1 unspecified atom stereocenters. The molecule has 0 aliphatic carbocycles. The van der Waals surface area contributed by atoms with Gasteiger partial charge >= 0.3 is 0 Å². The molecule has 0 amide bonds. The van der Waals surface area contributed by atoms with Crippen molar-refractivity contribution in [1.29, 1.82) is 5.26 Å². The van der Waals surface area contributed by atoms with E-state index in [2.05, 4.69) is 16.3 Å². The van der Waals surface area contributed by atoms with E-state index in [1.54, 1.807) is 0 Å². The van der Waals surface area contributed by atoms with Gasteiger partial charge in [-0.25, -0.2) is 0 Å². The molecule has 0 bridgehead atoms. The van der Waals surface area contributed by atoms with Crippen molar-refractivity contribution in [2.24, 2.45) is 0 Å². The predicted octanol–water partition coefficient (Wildman–Crippen LogP) is 0.440. The molecule has 0 aliphatic rings. The van der Waals surface area contributed by atoms with Crippen LogP contribution in [0, 0.1) is 11.3 Å². The van der Waals surface area contributed by atoms with Crippen LogP contribution < -0.4 is 5.32 Å². The molecular weight excluding hydrogens is 138 g/mol. The fourth-order valence-electron chi connectivity index (χ4n) is 0.946. The highest BCUT2D eigenvalue weighted by atomic mass is 15.1. The molecular formula is C8H17N3. The van der Waals surface area contributed by atoms with Crippen LogP contribution in [0.3, 0.4) is 0 Å². The van der Waals surface area contributed by atoms with Gasteiger partial charge in [0.2, 0.25) is 0 Å². The van der Waals surface area contributed by atoms with Crippen molar-refractivity contribution >= 4 is 0 Å². The zero-order chi connectivity index (χ0) is 8.69. The van der Waals surface area contributed by atoms with Gasteiger partial charge in [0.05, 0.1) is 12.1 Å². The van der Waals surface area contributed by atoms with Crippen LogP contribution in [-0.2, 0) is 0 Å². The van der Waals surface area contributed by atoms with Crippen molar-refractivity contribution in [3.63, 3.8) is 0 Å². The predicted molar refractivity (Wildman–Crippen MR) is 46.2 cm³/mol. The molecule has 64 valence electrons. The van der Waals surface area contributed by atoms with Crippen LogP contribution in [0.4, 0.5) is 0 Å². The summed E-state index contributed by atoms with van der Waals surface area (Å²) in [6.07, 6.45) is 0.900. The molecule has 3 nitrogen and oxygen atoms in total. The van der Waals surface area contributed by atoms with Crippen molar-refractivity contribution in [1.82, 2.24) is 10.2 Å². The zero-order valence-corrected chi connectivity index (χ0v) is 7.59. The smallest absolute Gasteiger partial charge is 0.0973 e. The lowest BCUT2D eigenvalue weighted by Crippen LogP contribution is -2.34. The minimum Gasteiger partial charge on any atom is -0.318 e. The van der Waals surface area contributed by atoms with Crippen LogP contribution in [-0.4, -0.2) is 38.1 Å². The van der Waals surface area contributed by atoms with Crippen LogP contribution >= 0.6 is 0 Å². The Balaban J connectivity index is 3.62. The lowest BCUT2D eigenvalue weighted by Gasteiger charge is -2.20. The quantitative estimate of drug-likeness (QED) is 0.626. The van der Waals surface area contributed by atoms with Gasteiger partial charge in [-0.05, 0) is 20.5 Å². The van der Waals surface area contributed by atoms with E-state index in [0.29, 0.717) is 0 Å². The monoisotopic (exact) mass is 155 g/mol. The molecule has 0 radical (unpaired) electrons. The molecule has 0 aromatic heterocycles. The molecule has 0 heterocycles. The van der Waals surface area contributed by atoms with E-state index in [-0.39, 0.29) is 6.04 Å². The highest BCUT2D eigenvalue weighted by molar-refractivity contribution is 4.89.